The van der Waals surface area contributed by atoms with E-state index >= 15 is 0 Å². The van der Waals surface area contributed by atoms with E-state index in [4.69, 9.17) is 0 Å². The lowest BCUT2D eigenvalue weighted by molar-refractivity contribution is 0.221. The minimum atomic E-state index is 0.698. The molecule has 1 nitrogen and oxygen atoms in total. The Morgan fingerprint density at radius 3 is 1.82 bits per heavy atom. The van der Waals surface area contributed by atoms with E-state index in [0.717, 1.165) is 18.8 Å². The van der Waals surface area contributed by atoms with Crippen LogP contribution < -0.4 is 0 Å². The van der Waals surface area contributed by atoms with E-state index in [9.17, 15) is 0 Å². The Labute approximate surface area is 115 Å². The predicted molar refractivity (Wildman–Crippen MR) is 83.2 cm³/mol. The van der Waals surface area contributed by atoms with Crippen LogP contribution in [0.3, 0.4) is 0 Å². The van der Waals surface area contributed by atoms with Crippen molar-refractivity contribution >= 4 is 12.6 Å². The lowest BCUT2D eigenvalue weighted by Gasteiger charge is -2.28. The quantitative estimate of drug-likeness (QED) is 0.390. The third kappa shape index (κ3) is 8.96. The number of rotatable bonds is 12. The van der Waals surface area contributed by atoms with Gasteiger partial charge >= 0.3 is 0 Å². The first-order valence-electron chi connectivity index (χ1n) is 7.64. The number of hydrogen-bond acceptors (Lipinski definition) is 2. The van der Waals surface area contributed by atoms with Crippen LogP contribution in [0.15, 0.2) is 0 Å². The highest BCUT2D eigenvalue weighted by Crippen LogP contribution is 2.13. The van der Waals surface area contributed by atoms with Gasteiger partial charge in [0.15, 0.2) is 0 Å². The van der Waals surface area contributed by atoms with Crippen molar-refractivity contribution in [2.45, 2.75) is 78.2 Å². The summed E-state index contributed by atoms with van der Waals surface area (Å²) in [6, 6.07) is 0.698. The van der Waals surface area contributed by atoms with Crippen LogP contribution in [0, 0.1) is 0 Å². The Bertz CT molecular complexity index is 146. The molecule has 0 N–H and O–H groups in total. The van der Waals surface area contributed by atoms with Crippen LogP contribution in [0.2, 0.25) is 0 Å². The van der Waals surface area contributed by atoms with Crippen LogP contribution in [0.25, 0.3) is 0 Å². The lowest BCUT2D eigenvalue weighted by atomic mass is 10.0. The van der Waals surface area contributed by atoms with Gasteiger partial charge in [-0.3, -0.25) is 0 Å². The molecule has 0 fully saturated rings. The highest BCUT2D eigenvalue weighted by molar-refractivity contribution is 7.80. The van der Waals surface area contributed by atoms with Gasteiger partial charge < -0.3 is 4.90 Å². The van der Waals surface area contributed by atoms with Crippen LogP contribution in [0.1, 0.15) is 72.1 Å². The predicted octanol–water partition coefficient (Wildman–Crippen LogP) is 4.77. The molecule has 0 amide bonds. The summed E-state index contributed by atoms with van der Waals surface area (Å²) in [5.74, 6) is 1.01. The molecule has 0 aliphatic carbocycles. The van der Waals surface area contributed by atoms with Gasteiger partial charge in [0.25, 0.3) is 0 Å². The molecule has 1 unspecified atom stereocenters. The number of hydrogen-bond donors (Lipinski definition) is 1. The van der Waals surface area contributed by atoms with Gasteiger partial charge in [-0.05, 0) is 19.5 Å². The first-order valence-corrected chi connectivity index (χ1v) is 8.28. The second kappa shape index (κ2) is 12.8. The molecule has 0 rings (SSSR count). The summed E-state index contributed by atoms with van der Waals surface area (Å²) >= 11 is 4.49. The zero-order valence-corrected chi connectivity index (χ0v) is 13.1. The highest BCUT2D eigenvalue weighted by atomic mass is 32.1. The maximum Gasteiger partial charge on any atom is 0.0183 e. The highest BCUT2D eigenvalue weighted by Gasteiger charge is 2.12. The molecule has 0 aromatic carbocycles. The third-order valence-corrected chi connectivity index (χ3v) is 4.10. The SMILES string of the molecule is CCCCCCCCCC(CS)N(CC)CC. The smallest absolute Gasteiger partial charge is 0.0183 e. The van der Waals surface area contributed by atoms with Gasteiger partial charge in [0.1, 0.15) is 0 Å². The molecule has 0 aliphatic heterocycles. The van der Waals surface area contributed by atoms with Crippen molar-refractivity contribution in [1.29, 1.82) is 0 Å². The van der Waals surface area contributed by atoms with E-state index in [0.29, 0.717) is 6.04 Å². The van der Waals surface area contributed by atoms with Gasteiger partial charge in [-0.2, -0.15) is 12.6 Å². The fraction of sp³-hybridized carbons (Fsp3) is 1.00. The molecular weight excluding hydrogens is 226 g/mol. The molecule has 0 aliphatic rings. The molecule has 0 saturated carbocycles. The number of thiol groups is 1. The molecule has 0 radical (unpaired) electrons. The normalized spacial score (nSPS) is 13.2. The van der Waals surface area contributed by atoms with Gasteiger partial charge in [-0.25, -0.2) is 0 Å². The van der Waals surface area contributed by atoms with Crippen molar-refractivity contribution in [1.82, 2.24) is 4.90 Å². The second-order valence-electron chi connectivity index (χ2n) is 4.97. The van der Waals surface area contributed by atoms with Gasteiger partial charge in [0.2, 0.25) is 0 Å². The lowest BCUT2D eigenvalue weighted by Crippen LogP contribution is -2.36. The van der Waals surface area contributed by atoms with E-state index in [1.165, 1.54) is 51.4 Å². The van der Waals surface area contributed by atoms with Crippen molar-refractivity contribution < 1.29 is 0 Å². The summed E-state index contributed by atoms with van der Waals surface area (Å²) in [6.07, 6.45) is 11.2. The maximum absolute atomic E-state index is 4.49. The summed E-state index contributed by atoms with van der Waals surface area (Å²) in [6.45, 7) is 9.12. The zero-order valence-electron chi connectivity index (χ0n) is 12.2. The van der Waals surface area contributed by atoms with Crippen LogP contribution in [-0.4, -0.2) is 29.8 Å². The van der Waals surface area contributed by atoms with Crippen LogP contribution >= 0.6 is 12.6 Å². The molecule has 17 heavy (non-hydrogen) atoms. The van der Waals surface area contributed by atoms with Gasteiger partial charge in [0, 0.05) is 11.8 Å². The van der Waals surface area contributed by atoms with Gasteiger partial charge in [0.05, 0.1) is 0 Å². The van der Waals surface area contributed by atoms with Crippen molar-refractivity contribution in [3.8, 4) is 0 Å². The first kappa shape index (κ1) is 17.3. The molecule has 104 valence electrons. The van der Waals surface area contributed by atoms with E-state index in [1.807, 2.05) is 0 Å². The average Bonchev–Trinajstić information content (AvgIpc) is 2.36. The van der Waals surface area contributed by atoms with Crippen molar-refractivity contribution in [2.75, 3.05) is 18.8 Å². The van der Waals surface area contributed by atoms with Crippen molar-refractivity contribution in [2.24, 2.45) is 0 Å². The molecule has 0 aromatic rings. The Kier molecular flexibility index (Phi) is 13.0. The molecule has 0 heterocycles. The van der Waals surface area contributed by atoms with Gasteiger partial charge in [-0.15, -0.1) is 0 Å². The minimum Gasteiger partial charge on any atom is -0.300 e. The fourth-order valence-corrected chi connectivity index (χ4v) is 2.88. The molecule has 0 bridgehead atoms. The second-order valence-corrected chi connectivity index (χ2v) is 5.33. The van der Waals surface area contributed by atoms with Crippen LogP contribution in [0.5, 0.6) is 0 Å². The Morgan fingerprint density at radius 2 is 1.35 bits per heavy atom. The molecule has 1 atom stereocenters. The summed E-state index contributed by atoms with van der Waals surface area (Å²) in [5.41, 5.74) is 0. The Morgan fingerprint density at radius 1 is 0.824 bits per heavy atom. The zero-order chi connectivity index (χ0) is 12.9. The van der Waals surface area contributed by atoms with Crippen LogP contribution in [-0.2, 0) is 0 Å². The molecule has 0 spiro atoms. The van der Waals surface area contributed by atoms with E-state index in [2.05, 4.69) is 38.3 Å². The van der Waals surface area contributed by atoms with E-state index in [-0.39, 0.29) is 0 Å². The van der Waals surface area contributed by atoms with E-state index in [1.54, 1.807) is 0 Å². The monoisotopic (exact) mass is 259 g/mol. The number of nitrogens with zero attached hydrogens (tertiary/aromatic N) is 1. The van der Waals surface area contributed by atoms with Crippen LogP contribution in [0.4, 0.5) is 0 Å². The first-order chi connectivity index (χ1) is 8.29. The van der Waals surface area contributed by atoms with E-state index < -0.39 is 0 Å². The molecule has 0 aromatic heterocycles. The molecule has 0 saturated heterocycles. The molecular formula is C15H33NS. The standard InChI is InChI=1S/C15H33NS/c1-4-7-8-9-10-11-12-13-15(14-17)16(5-2)6-3/h15,17H,4-14H2,1-3H3. The maximum atomic E-state index is 4.49. The summed E-state index contributed by atoms with van der Waals surface area (Å²) in [7, 11) is 0. The van der Waals surface area contributed by atoms with Crippen molar-refractivity contribution in [3.05, 3.63) is 0 Å². The fourth-order valence-electron chi connectivity index (χ4n) is 2.47. The topological polar surface area (TPSA) is 3.24 Å². The van der Waals surface area contributed by atoms with Gasteiger partial charge in [-0.1, -0.05) is 65.7 Å². The third-order valence-electron chi connectivity index (χ3n) is 3.68. The number of unbranched alkanes of at least 4 members (excludes halogenated alkanes) is 6. The summed E-state index contributed by atoms with van der Waals surface area (Å²) in [5, 5.41) is 0. The van der Waals surface area contributed by atoms with Crippen molar-refractivity contribution in [3.63, 3.8) is 0 Å². The Balaban J connectivity index is 3.49. The largest absolute Gasteiger partial charge is 0.300 e. The molecule has 2 heteroatoms. The summed E-state index contributed by atoms with van der Waals surface area (Å²) < 4.78 is 0. The minimum absolute atomic E-state index is 0.698. The summed E-state index contributed by atoms with van der Waals surface area (Å²) in [4.78, 5) is 2.55. The Hall–Kier alpha value is 0.310. The average molecular weight is 260 g/mol.